The maximum atomic E-state index is 13.6. The zero-order valence-electron chi connectivity index (χ0n) is 20.3. The fourth-order valence-corrected chi connectivity index (χ4v) is 6.34. The van der Waals surface area contributed by atoms with Crippen LogP contribution >= 0.6 is 22.9 Å². The lowest BCUT2D eigenvalue weighted by atomic mass is 9.69. The number of nitrogens with zero attached hydrogens (tertiary/aromatic N) is 2. The molecule has 1 aromatic carbocycles. The normalized spacial score (nSPS) is 20.0. The van der Waals surface area contributed by atoms with Crippen molar-refractivity contribution in [3.05, 3.63) is 73.3 Å². The van der Waals surface area contributed by atoms with Gasteiger partial charge in [0, 0.05) is 27.4 Å². The van der Waals surface area contributed by atoms with Crippen molar-refractivity contribution < 1.29 is 18.0 Å². The molecule has 4 nitrogen and oxygen atoms in total. The molecule has 0 bridgehead atoms. The number of nitrogens with two attached hydrogens (primary N) is 1. The summed E-state index contributed by atoms with van der Waals surface area (Å²) in [5.74, 6) is -0.797. The maximum absolute atomic E-state index is 13.6. The van der Waals surface area contributed by atoms with Gasteiger partial charge in [0.15, 0.2) is 5.78 Å². The Hall–Kier alpha value is -2.76. The highest BCUT2D eigenvalue weighted by Crippen LogP contribution is 2.52. The van der Waals surface area contributed by atoms with E-state index in [0.717, 1.165) is 41.1 Å². The number of carbonyl (C=O) groups is 1. The van der Waals surface area contributed by atoms with Gasteiger partial charge in [0.25, 0.3) is 0 Å². The molecule has 1 atom stereocenters. The Morgan fingerprint density at radius 2 is 1.97 bits per heavy atom. The SMILES string of the molecule is CCCCc1ccc(C2C(C#N)=C(N)N(c3cc(C(F)(F)F)ccc3Cl)C3=C2C(=O)CC(C)(C)C3)s1. The number of Topliss-reactive ketones (excluding diaryl/α,β-unsaturated/α-hetero) is 1. The number of halogens is 4. The average Bonchev–Trinajstić information content (AvgIpc) is 3.25. The lowest BCUT2D eigenvalue weighted by molar-refractivity contribution is -0.137. The van der Waals surface area contributed by atoms with Crippen molar-refractivity contribution in [2.75, 3.05) is 4.90 Å². The van der Waals surface area contributed by atoms with Crippen LogP contribution in [0, 0.1) is 16.7 Å². The monoisotopic (exact) mass is 533 g/mol. The van der Waals surface area contributed by atoms with Crippen molar-refractivity contribution in [1.82, 2.24) is 0 Å². The molecule has 1 unspecified atom stereocenters. The second kappa shape index (κ2) is 9.60. The predicted molar refractivity (Wildman–Crippen MR) is 136 cm³/mol. The van der Waals surface area contributed by atoms with E-state index in [4.69, 9.17) is 17.3 Å². The van der Waals surface area contributed by atoms with Crippen LogP contribution in [0.1, 0.15) is 67.7 Å². The first-order chi connectivity index (χ1) is 16.9. The van der Waals surface area contributed by atoms with Gasteiger partial charge in [0.2, 0.25) is 0 Å². The average molecular weight is 534 g/mol. The highest BCUT2D eigenvalue weighted by Gasteiger charge is 2.45. The van der Waals surface area contributed by atoms with Crippen molar-refractivity contribution in [2.24, 2.45) is 11.1 Å². The summed E-state index contributed by atoms with van der Waals surface area (Å²) in [7, 11) is 0. The number of aryl methyl sites for hydroxylation is 1. The third-order valence-corrected chi connectivity index (χ3v) is 8.17. The molecule has 36 heavy (non-hydrogen) atoms. The van der Waals surface area contributed by atoms with Gasteiger partial charge < -0.3 is 5.73 Å². The van der Waals surface area contributed by atoms with E-state index in [1.54, 1.807) is 11.3 Å². The molecule has 9 heteroatoms. The van der Waals surface area contributed by atoms with Crippen LogP contribution in [-0.2, 0) is 17.4 Å². The summed E-state index contributed by atoms with van der Waals surface area (Å²) in [5, 5.41) is 10.2. The van der Waals surface area contributed by atoms with Crippen molar-refractivity contribution in [3.63, 3.8) is 0 Å². The fourth-order valence-electron chi connectivity index (χ4n) is 4.96. The van der Waals surface area contributed by atoms with Gasteiger partial charge in [-0.15, -0.1) is 11.3 Å². The second-order valence-electron chi connectivity index (χ2n) is 10.1. The number of ketones is 1. The fraction of sp³-hybridized carbons (Fsp3) is 0.407. The number of allylic oxidation sites excluding steroid dienone is 3. The van der Waals surface area contributed by atoms with Gasteiger partial charge in [0.1, 0.15) is 5.82 Å². The lowest BCUT2D eigenvalue weighted by Crippen LogP contribution is -2.42. The number of unbranched alkanes of at least 4 members (excludes halogenated alkanes) is 1. The van der Waals surface area contributed by atoms with Gasteiger partial charge in [0.05, 0.1) is 33.8 Å². The molecule has 0 amide bonds. The number of hydrogen-bond donors (Lipinski definition) is 1. The third-order valence-electron chi connectivity index (χ3n) is 6.64. The molecule has 0 saturated carbocycles. The van der Waals surface area contributed by atoms with E-state index < -0.39 is 23.1 Å². The van der Waals surface area contributed by atoms with Crippen LogP contribution in [0.15, 0.2) is 53.0 Å². The number of thiophene rings is 1. The van der Waals surface area contributed by atoms with E-state index in [1.807, 2.05) is 26.0 Å². The Bertz CT molecular complexity index is 1320. The van der Waals surface area contributed by atoms with Gasteiger partial charge in [-0.05, 0) is 55.0 Å². The summed E-state index contributed by atoms with van der Waals surface area (Å²) >= 11 is 7.95. The molecule has 4 rings (SSSR count). The van der Waals surface area contributed by atoms with Crippen molar-refractivity contribution in [1.29, 1.82) is 5.26 Å². The molecule has 2 heterocycles. The highest BCUT2D eigenvalue weighted by molar-refractivity contribution is 7.12. The Morgan fingerprint density at radius 1 is 1.25 bits per heavy atom. The summed E-state index contributed by atoms with van der Waals surface area (Å²) < 4.78 is 40.7. The van der Waals surface area contributed by atoms with Gasteiger partial charge in [-0.3, -0.25) is 9.69 Å². The van der Waals surface area contributed by atoms with Gasteiger partial charge in [-0.25, -0.2) is 0 Å². The minimum absolute atomic E-state index is 0.00278. The molecular formula is C27H27ClF3N3OS. The first kappa shape index (κ1) is 26.3. The number of alkyl halides is 3. The molecule has 1 aliphatic carbocycles. The molecule has 2 aliphatic rings. The first-order valence-corrected chi connectivity index (χ1v) is 13.0. The molecule has 1 aliphatic heterocycles. The number of hydrogen-bond acceptors (Lipinski definition) is 5. The topological polar surface area (TPSA) is 70.1 Å². The molecule has 190 valence electrons. The maximum Gasteiger partial charge on any atom is 0.416 e. The summed E-state index contributed by atoms with van der Waals surface area (Å²) in [6.45, 7) is 5.98. The smallest absolute Gasteiger partial charge is 0.384 e. The van der Waals surface area contributed by atoms with Crippen LogP contribution in [0.2, 0.25) is 5.02 Å². The summed E-state index contributed by atoms with van der Waals surface area (Å²) in [4.78, 5) is 17.0. The predicted octanol–water partition coefficient (Wildman–Crippen LogP) is 7.70. The Balaban J connectivity index is 1.96. The number of rotatable bonds is 5. The largest absolute Gasteiger partial charge is 0.416 e. The molecule has 0 spiro atoms. The molecule has 2 N–H and O–H groups in total. The molecular weight excluding hydrogens is 507 g/mol. The van der Waals surface area contributed by atoms with E-state index in [9.17, 15) is 23.2 Å². The van der Waals surface area contributed by atoms with E-state index in [2.05, 4.69) is 13.0 Å². The summed E-state index contributed by atoms with van der Waals surface area (Å²) in [6, 6.07) is 9.09. The van der Waals surface area contributed by atoms with E-state index >= 15 is 0 Å². The minimum Gasteiger partial charge on any atom is -0.384 e. The molecule has 2 aromatic rings. The highest BCUT2D eigenvalue weighted by atomic mass is 35.5. The van der Waals surface area contributed by atoms with Gasteiger partial charge in [-0.2, -0.15) is 18.4 Å². The van der Waals surface area contributed by atoms with Crippen LogP contribution in [0.3, 0.4) is 0 Å². The molecule has 0 saturated heterocycles. The van der Waals surface area contributed by atoms with Crippen LogP contribution in [-0.4, -0.2) is 5.78 Å². The molecule has 1 aromatic heterocycles. The van der Waals surface area contributed by atoms with Gasteiger partial charge in [-0.1, -0.05) is 38.8 Å². The van der Waals surface area contributed by atoms with Crippen LogP contribution in [0.5, 0.6) is 0 Å². The van der Waals surface area contributed by atoms with Crippen molar-refractivity contribution in [3.8, 4) is 6.07 Å². The second-order valence-corrected chi connectivity index (χ2v) is 11.7. The van der Waals surface area contributed by atoms with Crippen molar-refractivity contribution in [2.45, 2.75) is 65.0 Å². The van der Waals surface area contributed by atoms with Crippen LogP contribution in [0.4, 0.5) is 18.9 Å². The van der Waals surface area contributed by atoms with Crippen LogP contribution < -0.4 is 10.6 Å². The summed E-state index contributed by atoms with van der Waals surface area (Å²) in [6.07, 6.45) is -0.977. The first-order valence-electron chi connectivity index (χ1n) is 11.8. The summed E-state index contributed by atoms with van der Waals surface area (Å²) in [5.41, 5.74) is 6.27. The number of carbonyl (C=O) groups excluding carboxylic acids is 1. The zero-order valence-corrected chi connectivity index (χ0v) is 21.9. The molecule has 0 fully saturated rings. The molecule has 0 radical (unpaired) electrons. The Kier molecular flexibility index (Phi) is 7.02. The third kappa shape index (κ3) is 4.79. The number of benzene rings is 1. The zero-order chi connectivity index (χ0) is 26.4. The Morgan fingerprint density at radius 3 is 2.61 bits per heavy atom. The van der Waals surface area contributed by atoms with E-state index in [-0.39, 0.29) is 34.3 Å². The van der Waals surface area contributed by atoms with Gasteiger partial charge >= 0.3 is 6.18 Å². The standard InChI is InChI=1S/C27H27ClF3N3OS/c1-4-5-6-16-8-10-22(36-16)23-17(14-32)25(33)34(20-12-26(2,3)13-21(35)24(20)23)19-11-15(27(29,30)31)7-9-18(19)28/h7-11,23H,4-6,12-13,33H2,1-3H3. The van der Waals surface area contributed by atoms with E-state index in [0.29, 0.717) is 17.7 Å². The Labute approximate surface area is 217 Å². The van der Waals surface area contributed by atoms with E-state index in [1.165, 1.54) is 11.0 Å². The lowest BCUT2D eigenvalue weighted by Gasteiger charge is -2.43. The number of nitriles is 1. The minimum atomic E-state index is -4.60. The van der Waals surface area contributed by atoms with Crippen molar-refractivity contribution >= 4 is 34.4 Å². The van der Waals surface area contributed by atoms with Crippen LogP contribution in [0.25, 0.3) is 0 Å². The number of anilines is 1. The quantitative estimate of drug-likeness (QED) is 0.427.